The average Bonchev–Trinajstić information content (AvgIpc) is 3.04. The molecule has 1 amide bonds. The minimum atomic E-state index is -3.43. The normalized spacial score (nSPS) is 15.7. The molecule has 1 saturated heterocycles. The molecule has 0 unspecified atom stereocenters. The van der Waals surface area contributed by atoms with Gasteiger partial charge in [0.15, 0.2) is 0 Å². The number of nitrogens with zero attached hydrogens (tertiary/aromatic N) is 1. The van der Waals surface area contributed by atoms with Crippen molar-refractivity contribution in [2.45, 2.75) is 24.0 Å². The minimum absolute atomic E-state index is 0.311. The largest absolute Gasteiger partial charge is 0.448 e. The summed E-state index contributed by atoms with van der Waals surface area (Å²) in [5, 5.41) is 0. The number of sulfonamides is 1. The number of carbonyl (C=O) groups is 1. The summed E-state index contributed by atoms with van der Waals surface area (Å²) in [6, 6.07) is 3.46. The summed E-state index contributed by atoms with van der Waals surface area (Å²) in [5.74, 6) is 0. The van der Waals surface area contributed by atoms with Gasteiger partial charge in [0.25, 0.3) is 0 Å². The number of cyclic esters (lactones) is 1. The fraction of sp³-hybridized carbons (Fsp3) is 0.583. The van der Waals surface area contributed by atoms with E-state index in [2.05, 4.69) is 4.72 Å². The highest BCUT2D eigenvalue weighted by Gasteiger charge is 2.21. The molecule has 1 aliphatic rings. The van der Waals surface area contributed by atoms with E-state index < -0.39 is 10.0 Å². The first kappa shape index (κ1) is 15.3. The third-order valence-corrected chi connectivity index (χ3v) is 6.17. The molecule has 1 aromatic heterocycles. The molecule has 0 spiro atoms. The van der Waals surface area contributed by atoms with Gasteiger partial charge in [-0.3, -0.25) is 0 Å². The summed E-state index contributed by atoms with van der Waals surface area (Å²) in [7, 11) is -3.43. The third kappa shape index (κ3) is 3.71. The molecule has 2 heterocycles. The molecule has 0 aliphatic carbocycles. The third-order valence-electron chi connectivity index (χ3n) is 2.99. The van der Waals surface area contributed by atoms with Gasteiger partial charge in [-0.05, 0) is 25.0 Å². The lowest BCUT2D eigenvalue weighted by atomic mass is 10.4. The van der Waals surface area contributed by atoms with Crippen LogP contribution in [-0.4, -0.2) is 45.7 Å². The SMILES string of the molecule is CCc1ccc(S(=O)(=O)NCCCN2CCOC2=O)s1. The Hall–Kier alpha value is -1.12. The number of ether oxygens (including phenoxy) is 1. The molecular weight excluding hydrogens is 300 g/mol. The summed E-state index contributed by atoms with van der Waals surface area (Å²) in [5.41, 5.74) is 0. The number of amides is 1. The van der Waals surface area contributed by atoms with E-state index in [4.69, 9.17) is 4.74 Å². The molecule has 0 bridgehead atoms. The molecule has 1 aromatic rings. The van der Waals surface area contributed by atoms with E-state index in [0.717, 1.165) is 11.3 Å². The quantitative estimate of drug-likeness (QED) is 0.772. The fourth-order valence-electron chi connectivity index (χ4n) is 1.87. The Bertz CT molecular complexity index is 568. The van der Waals surface area contributed by atoms with Crippen LogP contribution in [0.15, 0.2) is 16.3 Å². The second-order valence-corrected chi connectivity index (χ2v) is 7.59. The zero-order chi connectivity index (χ0) is 14.6. The van der Waals surface area contributed by atoms with Gasteiger partial charge in [-0.1, -0.05) is 6.92 Å². The predicted octanol–water partition coefficient (Wildman–Crippen LogP) is 1.43. The van der Waals surface area contributed by atoms with E-state index in [-0.39, 0.29) is 6.09 Å². The zero-order valence-electron chi connectivity index (χ0n) is 11.3. The van der Waals surface area contributed by atoms with Gasteiger partial charge in [0.05, 0.1) is 6.54 Å². The Labute approximate surface area is 122 Å². The molecule has 0 radical (unpaired) electrons. The van der Waals surface area contributed by atoms with E-state index in [1.807, 2.05) is 13.0 Å². The van der Waals surface area contributed by atoms with Gasteiger partial charge in [-0.25, -0.2) is 17.9 Å². The highest BCUT2D eigenvalue weighted by Crippen LogP contribution is 2.21. The Kier molecular flexibility index (Phi) is 5.00. The lowest BCUT2D eigenvalue weighted by Gasteiger charge is -2.12. The van der Waals surface area contributed by atoms with Crippen molar-refractivity contribution in [2.24, 2.45) is 0 Å². The van der Waals surface area contributed by atoms with Crippen molar-refractivity contribution >= 4 is 27.5 Å². The molecule has 0 saturated carbocycles. The van der Waals surface area contributed by atoms with Gasteiger partial charge in [0.1, 0.15) is 10.8 Å². The van der Waals surface area contributed by atoms with E-state index in [1.165, 1.54) is 11.3 Å². The Morgan fingerprint density at radius 2 is 2.25 bits per heavy atom. The van der Waals surface area contributed by atoms with E-state index in [9.17, 15) is 13.2 Å². The van der Waals surface area contributed by atoms with E-state index in [0.29, 0.717) is 36.9 Å². The molecule has 2 rings (SSSR count). The van der Waals surface area contributed by atoms with Crippen LogP contribution in [0.1, 0.15) is 18.2 Å². The zero-order valence-corrected chi connectivity index (χ0v) is 12.9. The van der Waals surface area contributed by atoms with Crippen LogP contribution in [0.4, 0.5) is 4.79 Å². The maximum Gasteiger partial charge on any atom is 0.409 e. The molecule has 0 atom stereocenters. The van der Waals surface area contributed by atoms with Gasteiger partial charge in [0, 0.05) is 18.0 Å². The second-order valence-electron chi connectivity index (χ2n) is 4.43. The van der Waals surface area contributed by atoms with Crippen LogP contribution in [0.5, 0.6) is 0 Å². The predicted molar refractivity (Wildman–Crippen MR) is 76.4 cm³/mol. The first-order chi connectivity index (χ1) is 9.53. The van der Waals surface area contributed by atoms with Gasteiger partial charge in [-0.2, -0.15) is 0 Å². The van der Waals surface area contributed by atoms with Gasteiger partial charge in [-0.15, -0.1) is 11.3 Å². The molecule has 8 heteroatoms. The van der Waals surface area contributed by atoms with Crippen LogP contribution < -0.4 is 4.72 Å². The number of aryl methyl sites for hydroxylation is 1. The summed E-state index contributed by atoms with van der Waals surface area (Å²) in [6.07, 6.45) is 1.08. The first-order valence-corrected chi connectivity index (χ1v) is 8.83. The van der Waals surface area contributed by atoms with Crippen LogP contribution in [0.25, 0.3) is 0 Å². The number of rotatable bonds is 7. The Morgan fingerprint density at radius 1 is 1.45 bits per heavy atom. The van der Waals surface area contributed by atoms with Crippen LogP contribution in [0.2, 0.25) is 0 Å². The first-order valence-electron chi connectivity index (χ1n) is 6.53. The van der Waals surface area contributed by atoms with Crippen LogP contribution in [0, 0.1) is 0 Å². The summed E-state index contributed by atoms with van der Waals surface area (Å²) >= 11 is 1.29. The van der Waals surface area contributed by atoms with Crippen molar-refractivity contribution in [3.63, 3.8) is 0 Å². The van der Waals surface area contributed by atoms with Gasteiger partial charge >= 0.3 is 6.09 Å². The van der Waals surface area contributed by atoms with E-state index >= 15 is 0 Å². The number of hydrogen-bond acceptors (Lipinski definition) is 5. The van der Waals surface area contributed by atoms with Crippen LogP contribution in [-0.2, 0) is 21.2 Å². The number of nitrogens with one attached hydrogen (secondary N) is 1. The van der Waals surface area contributed by atoms with Crippen LogP contribution >= 0.6 is 11.3 Å². The topological polar surface area (TPSA) is 75.7 Å². The molecule has 112 valence electrons. The maximum atomic E-state index is 12.0. The molecule has 6 nitrogen and oxygen atoms in total. The lowest BCUT2D eigenvalue weighted by molar-refractivity contribution is 0.158. The smallest absolute Gasteiger partial charge is 0.409 e. The number of carbonyl (C=O) groups excluding carboxylic acids is 1. The Morgan fingerprint density at radius 3 is 2.85 bits per heavy atom. The second kappa shape index (κ2) is 6.55. The van der Waals surface area contributed by atoms with Gasteiger partial charge < -0.3 is 9.64 Å². The molecule has 0 aromatic carbocycles. The van der Waals surface area contributed by atoms with Gasteiger partial charge in [0.2, 0.25) is 10.0 Å². The highest BCUT2D eigenvalue weighted by molar-refractivity contribution is 7.91. The van der Waals surface area contributed by atoms with Crippen molar-refractivity contribution in [1.82, 2.24) is 9.62 Å². The summed E-state index contributed by atoms with van der Waals surface area (Å²) in [6.45, 7) is 3.80. The van der Waals surface area contributed by atoms with Crippen molar-refractivity contribution < 1.29 is 17.9 Å². The molecule has 1 N–H and O–H groups in total. The molecule has 1 aliphatic heterocycles. The van der Waals surface area contributed by atoms with Crippen molar-refractivity contribution in [2.75, 3.05) is 26.2 Å². The van der Waals surface area contributed by atoms with Crippen molar-refractivity contribution in [3.8, 4) is 0 Å². The molecule has 20 heavy (non-hydrogen) atoms. The minimum Gasteiger partial charge on any atom is -0.448 e. The maximum absolute atomic E-state index is 12.0. The fourth-order valence-corrected chi connectivity index (χ4v) is 4.28. The highest BCUT2D eigenvalue weighted by atomic mass is 32.2. The monoisotopic (exact) mass is 318 g/mol. The summed E-state index contributed by atoms with van der Waals surface area (Å²) < 4.78 is 31.7. The summed E-state index contributed by atoms with van der Waals surface area (Å²) in [4.78, 5) is 13.8. The standard InChI is InChI=1S/C12H18N2O4S2/c1-2-10-4-5-11(19-10)20(16,17)13-6-3-7-14-8-9-18-12(14)15/h4-5,13H,2-3,6-9H2,1H3. The molecule has 1 fully saturated rings. The number of hydrogen-bond donors (Lipinski definition) is 1. The van der Waals surface area contributed by atoms with E-state index in [1.54, 1.807) is 11.0 Å². The Balaban J connectivity index is 1.79. The van der Waals surface area contributed by atoms with Crippen molar-refractivity contribution in [1.29, 1.82) is 0 Å². The average molecular weight is 318 g/mol. The molecular formula is C12H18N2O4S2. The lowest BCUT2D eigenvalue weighted by Crippen LogP contribution is -2.30. The van der Waals surface area contributed by atoms with Crippen LogP contribution in [0.3, 0.4) is 0 Å². The number of thiophene rings is 1. The van der Waals surface area contributed by atoms with Crippen molar-refractivity contribution in [3.05, 3.63) is 17.0 Å².